The second kappa shape index (κ2) is 4.35. The molecule has 0 aliphatic heterocycles. The Kier molecular flexibility index (Phi) is 3.14. The van der Waals surface area contributed by atoms with Gasteiger partial charge in [-0.25, -0.2) is 0 Å². The number of hydrogen-bond donors (Lipinski definition) is 1. The lowest BCUT2D eigenvalue weighted by Crippen LogP contribution is -1.93. The van der Waals surface area contributed by atoms with Crippen molar-refractivity contribution in [2.45, 2.75) is 0 Å². The number of rotatable bonds is 3. The second-order valence-corrected chi connectivity index (χ2v) is 2.39. The average Bonchev–Trinajstić information content (AvgIpc) is 2.19. The predicted molar refractivity (Wildman–Crippen MR) is 51.3 cm³/mol. The summed E-state index contributed by atoms with van der Waals surface area (Å²) in [5, 5.41) is 3.42. The van der Waals surface area contributed by atoms with Crippen molar-refractivity contribution in [3.05, 3.63) is 23.8 Å². The molecule has 0 aromatic heterocycles. The van der Waals surface area contributed by atoms with E-state index >= 15 is 0 Å². The first-order chi connectivity index (χ1) is 6.31. The third-order valence-electron chi connectivity index (χ3n) is 1.65. The van der Waals surface area contributed by atoms with E-state index in [9.17, 15) is 0 Å². The number of hydrogen-bond acceptors (Lipinski definition) is 4. The zero-order valence-corrected chi connectivity index (χ0v) is 7.65. The molecule has 13 heavy (non-hydrogen) atoms. The van der Waals surface area contributed by atoms with Gasteiger partial charge in [0, 0.05) is 11.6 Å². The van der Waals surface area contributed by atoms with Crippen LogP contribution in [0.25, 0.3) is 0 Å². The molecule has 70 valence electrons. The summed E-state index contributed by atoms with van der Waals surface area (Å²) in [7, 11) is 3.19. The molecule has 0 aliphatic carbocycles. The van der Waals surface area contributed by atoms with Gasteiger partial charge in [-0.1, -0.05) is 0 Å². The highest BCUT2D eigenvalue weighted by Gasteiger charge is 2.01. The molecule has 0 bridgehead atoms. The van der Waals surface area contributed by atoms with Gasteiger partial charge in [-0.15, -0.1) is 0 Å². The molecule has 0 atom stereocenters. The van der Waals surface area contributed by atoms with E-state index in [4.69, 9.17) is 15.3 Å². The van der Waals surface area contributed by atoms with Gasteiger partial charge in [-0.2, -0.15) is 5.10 Å². The van der Waals surface area contributed by atoms with E-state index in [2.05, 4.69) is 5.10 Å². The van der Waals surface area contributed by atoms with Gasteiger partial charge in [-0.3, -0.25) is 0 Å². The minimum Gasteiger partial charge on any atom is -0.497 e. The van der Waals surface area contributed by atoms with E-state index in [1.165, 1.54) is 6.21 Å². The molecular weight excluding hydrogens is 168 g/mol. The minimum atomic E-state index is 0.688. The Morgan fingerprint density at radius 3 is 2.62 bits per heavy atom. The number of hydrazone groups is 1. The van der Waals surface area contributed by atoms with Gasteiger partial charge in [-0.05, 0) is 12.1 Å². The topological polar surface area (TPSA) is 56.8 Å². The Bertz CT molecular complexity index is 310. The summed E-state index contributed by atoms with van der Waals surface area (Å²) in [6, 6.07) is 5.42. The van der Waals surface area contributed by atoms with Gasteiger partial charge in [0.2, 0.25) is 0 Å². The Hall–Kier alpha value is -1.71. The summed E-state index contributed by atoms with van der Waals surface area (Å²) >= 11 is 0. The molecule has 4 nitrogen and oxygen atoms in total. The third-order valence-corrected chi connectivity index (χ3v) is 1.65. The molecule has 0 saturated carbocycles. The standard InChI is InChI=1S/C9H12N2O2/c1-12-8-4-3-7(6-11-10)9(5-8)13-2/h3-6H,10H2,1-2H3. The van der Waals surface area contributed by atoms with Crippen molar-refractivity contribution in [3.63, 3.8) is 0 Å². The molecule has 0 saturated heterocycles. The summed E-state index contributed by atoms with van der Waals surface area (Å²) in [4.78, 5) is 0. The number of ether oxygens (including phenoxy) is 2. The van der Waals surface area contributed by atoms with Crippen LogP contribution < -0.4 is 15.3 Å². The van der Waals surface area contributed by atoms with Crippen LogP contribution in [-0.2, 0) is 0 Å². The quantitative estimate of drug-likeness (QED) is 0.429. The molecule has 0 unspecified atom stereocenters. The largest absolute Gasteiger partial charge is 0.497 e. The van der Waals surface area contributed by atoms with Crippen LogP contribution in [0, 0.1) is 0 Å². The molecule has 0 amide bonds. The number of benzene rings is 1. The molecule has 4 heteroatoms. The highest BCUT2D eigenvalue weighted by atomic mass is 16.5. The zero-order chi connectivity index (χ0) is 9.68. The van der Waals surface area contributed by atoms with Crippen molar-refractivity contribution in [2.75, 3.05) is 14.2 Å². The average molecular weight is 180 g/mol. The molecule has 0 aliphatic rings. The van der Waals surface area contributed by atoms with Crippen LogP contribution in [0.3, 0.4) is 0 Å². The van der Waals surface area contributed by atoms with Crippen molar-refractivity contribution < 1.29 is 9.47 Å². The van der Waals surface area contributed by atoms with E-state index in [-0.39, 0.29) is 0 Å². The molecule has 2 N–H and O–H groups in total. The summed E-state index contributed by atoms with van der Waals surface area (Å²) in [5.41, 5.74) is 0.825. The van der Waals surface area contributed by atoms with Crippen LogP contribution in [0.1, 0.15) is 5.56 Å². The van der Waals surface area contributed by atoms with Crippen LogP contribution >= 0.6 is 0 Å². The summed E-state index contributed by atoms with van der Waals surface area (Å²) in [5.74, 6) is 6.47. The summed E-state index contributed by atoms with van der Waals surface area (Å²) < 4.78 is 10.1. The van der Waals surface area contributed by atoms with Gasteiger partial charge in [0.1, 0.15) is 11.5 Å². The minimum absolute atomic E-state index is 0.688. The summed E-state index contributed by atoms with van der Waals surface area (Å²) in [6.07, 6.45) is 1.53. The molecule has 0 spiro atoms. The maximum absolute atomic E-state index is 5.11. The highest BCUT2D eigenvalue weighted by Crippen LogP contribution is 2.22. The molecule has 1 rings (SSSR count). The fourth-order valence-corrected chi connectivity index (χ4v) is 1.01. The first-order valence-electron chi connectivity index (χ1n) is 3.77. The zero-order valence-electron chi connectivity index (χ0n) is 7.65. The van der Waals surface area contributed by atoms with Crippen LogP contribution in [0.4, 0.5) is 0 Å². The van der Waals surface area contributed by atoms with E-state index in [0.717, 1.165) is 11.3 Å². The number of nitrogens with two attached hydrogens (primary N) is 1. The normalized spacial score (nSPS) is 10.3. The van der Waals surface area contributed by atoms with Gasteiger partial charge >= 0.3 is 0 Å². The van der Waals surface area contributed by atoms with Crippen LogP contribution in [0.2, 0.25) is 0 Å². The van der Waals surface area contributed by atoms with E-state index < -0.39 is 0 Å². The SMILES string of the molecule is COc1ccc(C=NN)c(OC)c1. The molecule has 0 fully saturated rings. The highest BCUT2D eigenvalue weighted by molar-refractivity contribution is 5.83. The monoisotopic (exact) mass is 180 g/mol. The lowest BCUT2D eigenvalue weighted by molar-refractivity contribution is 0.394. The Balaban J connectivity index is 3.07. The van der Waals surface area contributed by atoms with Crippen molar-refractivity contribution in [2.24, 2.45) is 10.9 Å². The van der Waals surface area contributed by atoms with Gasteiger partial charge < -0.3 is 15.3 Å². The van der Waals surface area contributed by atoms with E-state index in [1.807, 2.05) is 12.1 Å². The van der Waals surface area contributed by atoms with Crippen molar-refractivity contribution in [1.29, 1.82) is 0 Å². The molecule has 1 aromatic carbocycles. The van der Waals surface area contributed by atoms with Gasteiger partial charge in [0.15, 0.2) is 0 Å². The third kappa shape index (κ3) is 2.11. The van der Waals surface area contributed by atoms with Crippen LogP contribution in [-0.4, -0.2) is 20.4 Å². The van der Waals surface area contributed by atoms with Crippen LogP contribution in [0.15, 0.2) is 23.3 Å². The Morgan fingerprint density at radius 1 is 1.31 bits per heavy atom. The first kappa shape index (κ1) is 9.38. The Morgan fingerprint density at radius 2 is 2.08 bits per heavy atom. The second-order valence-electron chi connectivity index (χ2n) is 2.39. The molecular formula is C9H12N2O2. The van der Waals surface area contributed by atoms with Crippen LogP contribution in [0.5, 0.6) is 11.5 Å². The first-order valence-corrected chi connectivity index (χ1v) is 3.77. The molecule has 0 radical (unpaired) electrons. The number of nitrogens with zero attached hydrogens (tertiary/aromatic N) is 1. The fourth-order valence-electron chi connectivity index (χ4n) is 1.01. The lowest BCUT2D eigenvalue weighted by atomic mass is 10.2. The number of methoxy groups -OCH3 is 2. The van der Waals surface area contributed by atoms with Crippen molar-refractivity contribution in [1.82, 2.24) is 0 Å². The van der Waals surface area contributed by atoms with E-state index in [1.54, 1.807) is 20.3 Å². The summed E-state index contributed by atoms with van der Waals surface area (Å²) in [6.45, 7) is 0. The smallest absolute Gasteiger partial charge is 0.131 e. The maximum Gasteiger partial charge on any atom is 0.131 e. The molecule has 0 heterocycles. The maximum atomic E-state index is 5.11. The predicted octanol–water partition coefficient (Wildman–Crippen LogP) is 0.996. The van der Waals surface area contributed by atoms with Gasteiger partial charge in [0.05, 0.1) is 20.4 Å². The van der Waals surface area contributed by atoms with Crippen molar-refractivity contribution >= 4 is 6.21 Å². The van der Waals surface area contributed by atoms with E-state index in [0.29, 0.717) is 5.75 Å². The Labute approximate surface area is 77.0 Å². The lowest BCUT2D eigenvalue weighted by Gasteiger charge is -2.06. The van der Waals surface area contributed by atoms with Crippen molar-refractivity contribution in [3.8, 4) is 11.5 Å². The van der Waals surface area contributed by atoms with Gasteiger partial charge in [0.25, 0.3) is 0 Å². The molecule has 1 aromatic rings. The fraction of sp³-hybridized carbons (Fsp3) is 0.222.